The molecule has 0 saturated heterocycles. The van der Waals surface area contributed by atoms with Crippen molar-refractivity contribution in [3.63, 3.8) is 0 Å². The second kappa shape index (κ2) is 5.73. The molecule has 110 valence electrons. The molecule has 0 heterocycles. The maximum Gasteiger partial charge on any atom is 0.416 e. The minimum atomic E-state index is -4.51. The summed E-state index contributed by atoms with van der Waals surface area (Å²) in [5, 5.41) is 8.57. The van der Waals surface area contributed by atoms with Gasteiger partial charge in [0.05, 0.1) is 12.2 Å². The fraction of sp³-hybridized carbons (Fsp3) is 0.500. The van der Waals surface area contributed by atoms with Gasteiger partial charge in [-0.3, -0.25) is 4.79 Å². The summed E-state index contributed by atoms with van der Waals surface area (Å²) in [7, 11) is 0. The molecule has 1 saturated carbocycles. The van der Waals surface area contributed by atoms with Crippen molar-refractivity contribution in [3.8, 4) is 5.75 Å². The van der Waals surface area contributed by atoms with Gasteiger partial charge in [0.2, 0.25) is 0 Å². The maximum absolute atomic E-state index is 13.0. The van der Waals surface area contributed by atoms with Crippen LogP contribution in [0.3, 0.4) is 0 Å². The highest BCUT2D eigenvalue weighted by atomic mass is 19.4. The molecule has 0 spiro atoms. The molecule has 1 aliphatic rings. The van der Waals surface area contributed by atoms with Crippen LogP contribution in [-0.4, -0.2) is 17.7 Å². The number of carboxylic acids is 1. The number of rotatable bonds is 6. The van der Waals surface area contributed by atoms with E-state index in [1.165, 1.54) is 12.1 Å². The third-order valence-electron chi connectivity index (χ3n) is 3.18. The van der Waals surface area contributed by atoms with E-state index in [2.05, 4.69) is 0 Å². The van der Waals surface area contributed by atoms with Crippen LogP contribution >= 0.6 is 0 Å². The summed E-state index contributed by atoms with van der Waals surface area (Å²) >= 11 is 0. The number of carbonyl (C=O) groups is 1. The molecule has 20 heavy (non-hydrogen) atoms. The van der Waals surface area contributed by atoms with E-state index in [4.69, 9.17) is 9.84 Å². The molecule has 0 aliphatic heterocycles. The van der Waals surface area contributed by atoms with Gasteiger partial charge in [0.15, 0.2) is 0 Å². The van der Waals surface area contributed by atoms with E-state index in [-0.39, 0.29) is 24.2 Å². The number of benzene rings is 1. The van der Waals surface area contributed by atoms with Crippen LogP contribution < -0.4 is 4.74 Å². The molecule has 1 aromatic rings. The SMILES string of the molecule is O=C(O)CCc1ccc(OCC2CC2)cc1C(F)(F)F. The zero-order chi connectivity index (χ0) is 14.8. The molecule has 1 N–H and O–H groups in total. The van der Waals surface area contributed by atoms with E-state index in [1.54, 1.807) is 0 Å². The van der Waals surface area contributed by atoms with Gasteiger partial charge >= 0.3 is 12.1 Å². The number of halogens is 3. The van der Waals surface area contributed by atoms with Crippen molar-refractivity contribution >= 4 is 5.97 Å². The second-order valence-corrected chi connectivity index (χ2v) is 4.96. The minimum Gasteiger partial charge on any atom is -0.493 e. The Bertz CT molecular complexity index is 493. The van der Waals surface area contributed by atoms with Crippen LogP contribution in [0.1, 0.15) is 30.4 Å². The molecule has 0 atom stereocenters. The first-order valence-electron chi connectivity index (χ1n) is 6.41. The summed E-state index contributed by atoms with van der Waals surface area (Å²) in [6.07, 6.45) is -2.86. The Morgan fingerprint density at radius 3 is 2.60 bits per heavy atom. The first kappa shape index (κ1) is 14.7. The number of ether oxygens (including phenoxy) is 1. The Morgan fingerprint density at radius 1 is 1.35 bits per heavy atom. The van der Waals surface area contributed by atoms with Gasteiger partial charge in [-0.1, -0.05) is 6.07 Å². The number of hydrogen-bond donors (Lipinski definition) is 1. The lowest BCUT2D eigenvalue weighted by Crippen LogP contribution is -2.11. The van der Waals surface area contributed by atoms with Crippen molar-refractivity contribution in [2.45, 2.75) is 31.9 Å². The lowest BCUT2D eigenvalue weighted by Gasteiger charge is -2.14. The van der Waals surface area contributed by atoms with Crippen molar-refractivity contribution in [3.05, 3.63) is 29.3 Å². The summed E-state index contributed by atoms with van der Waals surface area (Å²) in [4.78, 5) is 10.5. The Labute approximate surface area is 114 Å². The van der Waals surface area contributed by atoms with Crippen LogP contribution in [0.15, 0.2) is 18.2 Å². The molecule has 1 fully saturated rings. The van der Waals surface area contributed by atoms with E-state index >= 15 is 0 Å². The molecule has 0 aromatic heterocycles. The largest absolute Gasteiger partial charge is 0.493 e. The standard InChI is InChI=1S/C14H15F3O3/c15-14(16,17)12-7-11(20-8-9-1-2-9)5-3-10(12)4-6-13(18)19/h3,5,7,9H,1-2,4,6,8H2,(H,18,19). The summed E-state index contributed by atoms with van der Waals surface area (Å²) in [6.45, 7) is 0.436. The summed E-state index contributed by atoms with van der Waals surface area (Å²) in [6, 6.07) is 3.72. The summed E-state index contributed by atoms with van der Waals surface area (Å²) < 4.78 is 44.2. The Kier molecular flexibility index (Phi) is 4.20. The first-order valence-corrected chi connectivity index (χ1v) is 6.41. The maximum atomic E-state index is 13.0. The van der Waals surface area contributed by atoms with E-state index in [1.807, 2.05) is 0 Å². The summed E-state index contributed by atoms with van der Waals surface area (Å²) in [5.74, 6) is -0.480. The van der Waals surface area contributed by atoms with Crippen LogP contribution in [0.25, 0.3) is 0 Å². The van der Waals surface area contributed by atoms with Gasteiger partial charge in [-0.05, 0) is 42.9 Å². The lowest BCUT2D eigenvalue weighted by molar-refractivity contribution is -0.140. The van der Waals surface area contributed by atoms with Gasteiger partial charge in [-0.25, -0.2) is 0 Å². The molecule has 0 radical (unpaired) electrons. The molecule has 1 aliphatic carbocycles. The van der Waals surface area contributed by atoms with Crippen molar-refractivity contribution in [2.24, 2.45) is 5.92 Å². The Balaban J connectivity index is 2.15. The Morgan fingerprint density at radius 2 is 2.05 bits per heavy atom. The van der Waals surface area contributed by atoms with Gasteiger partial charge in [0.25, 0.3) is 0 Å². The van der Waals surface area contributed by atoms with Crippen molar-refractivity contribution < 1.29 is 27.8 Å². The summed E-state index contributed by atoms with van der Waals surface area (Å²) in [5.41, 5.74) is -0.828. The zero-order valence-corrected chi connectivity index (χ0v) is 10.7. The normalized spacial score (nSPS) is 15.2. The number of hydrogen-bond acceptors (Lipinski definition) is 2. The Hall–Kier alpha value is -1.72. The van der Waals surface area contributed by atoms with Crippen molar-refractivity contribution in [2.75, 3.05) is 6.61 Å². The van der Waals surface area contributed by atoms with Gasteiger partial charge in [0, 0.05) is 6.42 Å². The fourth-order valence-electron chi connectivity index (χ4n) is 1.87. The van der Waals surface area contributed by atoms with Crippen molar-refractivity contribution in [1.29, 1.82) is 0 Å². The zero-order valence-electron chi connectivity index (χ0n) is 10.7. The van der Waals surface area contributed by atoms with Crippen LogP contribution in [0.5, 0.6) is 5.75 Å². The number of aryl methyl sites for hydroxylation is 1. The molecule has 0 amide bonds. The molecule has 0 unspecified atom stereocenters. The average Bonchev–Trinajstić information content (AvgIpc) is 3.17. The lowest BCUT2D eigenvalue weighted by atomic mass is 10.0. The third kappa shape index (κ3) is 4.15. The quantitative estimate of drug-likeness (QED) is 0.871. The molecule has 0 bridgehead atoms. The van der Waals surface area contributed by atoms with Gasteiger partial charge < -0.3 is 9.84 Å². The van der Waals surface area contributed by atoms with Crippen molar-refractivity contribution in [1.82, 2.24) is 0 Å². The highest BCUT2D eigenvalue weighted by Crippen LogP contribution is 2.36. The molecular weight excluding hydrogens is 273 g/mol. The van der Waals surface area contributed by atoms with E-state index in [0.29, 0.717) is 12.5 Å². The van der Waals surface area contributed by atoms with Gasteiger partial charge in [0.1, 0.15) is 5.75 Å². The third-order valence-corrected chi connectivity index (χ3v) is 3.18. The topological polar surface area (TPSA) is 46.5 Å². The fourth-order valence-corrected chi connectivity index (χ4v) is 1.87. The predicted octanol–water partition coefficient (Wildman–Crippen LogP) is 3.51. The van der Waals surface area contributed by atoms with Gasteiger partial charge in [-0.2, -0.15) is 13.2 Å². The smallest absolute Gasteiger partial charge is 0.416 e. The van der Waals surface area contributed by atoms with E-state index in [9.17, 15) is 18.0 Å². The highest BCUT2D eigenvalue weighted by Gasteiger charge is 2.34. The molecule has 3 nitrogen and oxygen atoms in total. The molecule has 1 aromatic carbocycles. The minimum absolute atomic E-state index is 0.0151. The second-order valence-electron chi connectivity index (χ2n) is 4.96. The van der Waals surface area contributed by atoms with Crippen LogP contribution in [-0.2, 0) is 17.4 Å². The molecular formula is C14H15F3O3. The number of aliphatic carboxylic acids is 1. The monoisotopic (exact) mass is 288 g/mol. The number of alkyl halides is 3. The van der Waals surface area contributed by atoms with E-state index < -0.39 is 17.7 Å². The highest BCUT2D eigenvalue weighted by molar-refractivity contribution is 5.67. The average molecular weight is 288 g/mol. The number of carboxylic acid groups (broad SMARTS) is 1. The first-order chi connectivity index (χ1) is 9.36. The molecule has 6 heteroatoms. The van der Waals surface area contributed by atoms with Crippen LogP contribution in [0, 0.1) is 5.92 Å². The van der Waals surface area contributed by atoms with Gasteiger partial charge in [-0.15, -0.1) is 0 Å². The van der Waals surface area contributed by atoms with E-state index in [0.717, 1.165) is 18.9 Å². The van der Waals surface area contributed by atoms with Crippen LogP contribution in [0.4, 0.5) is 13.2 Å². The van der Waals surface area contributed by atoms with Crippen LogP contribution in [0.2, 0.25) is 0 Å². The predicted molar refractivity (Wildman–Crippen MR) is 65.6 cm³/mol. The molecule has 2 rings (SSSR count).